The summed E-state index contributed by atoms with van der Waals surface area (Å²) in [4.78, 5) is 19.0. The van der Waals surface area contributed by atoms with E-state index in [0.717, 1.165) is 57.9 Å². The number of hydrogen-bond acceptors (Lipinski definition) is 7. The molecule has 2 aromatic carbocycles. The monoisotopic (exact) mass is 569 g/mol. The van der Waals surface area contributed by atoms with Crippen molar-refractivity contribution in [1.82, 2.24) is 24.6 Å². The molecule has 1 fully saturated rings. The Labute approximate surface area is 233 Å². The fourth-order valence-electron chi connectivity index (χ4n) is 4.16. The number of carbonyl (C=O) groups is 1. The van der Waals surface area contributed by atoms with Gasteiger partial charge in [0.15, 0.2) is 17.4 Å². The predicted octanol–water partition coefficient (Wildman–Crippen LogP) is 5.43. The number of aryl methyl sites for hydroxylation is 1. The molecule has 1 saturated heterocycles. The number of pyridine rings is 1. The second-order valence-corrected chi connectivity index (χ2v) is 9.39. The van der Waals surface area contributed by atoms with Gasteiger partial charge in [0.05, 0.1) is 18.2 Å². The largest absolute Gasteiger partial charge is 0.454 e. The first kappa shape index (κ1) is 27.4. The normalized spacial score (nSPS) is 13.7. The van der Waals surface area contributed by atoms with Crippen LogP contribution in [0.15, 0.2) is 61.1 Å². The third-order valence-electron chi connectivity index (χ3n) is 6.15. The molecule has 13 heteroatoms. The standard InChI is InChI=1S/C27H26ClF2N7O3/c28-21-14-18(2-4-22(21)29)33-27(38)34-19-3-5-25(23(30)15-19)40-20-6-7-31-24(16-20)26-35-32-17-37(26)9-1-8-36-10-12-39-13-11-36/h2-7,14-17H,1,8-13H2,(H2,33,34,38). The first-order valence-corrected chi connectivity index (χ1v) is 13.0. The van der Waals surface area contributed by atoms with Gasteiger partial charge in [-0.15, -0.1) is 10.2 Å². The zero-order valence-electron chi connectivity index (χ0n) is 21.3. The number of halogens is 3. The number of anilines is 2. The number of amides is 2. The fourth-order valence-corrected chi connectivity index (χ4v) is 4.34. The van der Waals surface area contributed by atoms with Crippen molar-refractivity contribution in [2.75, 3.05) is 43.5 Å². The molecule has 2 aromatic heterocycles. The van der Waals surface area contributed by atoms with Crippen LogP contribution in [0, 0.1) is 11.6 Å². The number of nitrogens with zero attached hydrogens (tertiary/aromatic N) is 5. The van der Waals surface area contributed by atoms with E-state index >= 15 is 0 Å². The SMILES string of the molecule is O=C(Nc1ccc(Oc2ccnc(-c3nncn3CCCN3CCOCC3)c2)c(F)c1)Nc1ccc(F)c(Cl)c1. The highest BCUT2D eigenvalue weighted by Gasteiger charge is 2.14. The molecule has 0 bridgehead atoms. The number of urea groups is 1. The summed E-state index contributed by atoms with van der Waals surface area (Å²) in [5, 5.41) is 13.1. The third kappa shape index (κ3) is 7.08. The number of hydrogen-bond donors (Lipinski definition) is 2. The lowest BCUT2D eigenvalue weighted by Crippen LogP contribution is -2.37. The van der Waals surface area contributed by atoms with Crippen LogP contribution in [0.5, 0.6) is 11.5 Å². The summed E-state index contributed by atoms with van der Waals surface area (Å²) in [6, 6.07) is 10.4. The lowest BCUT2D eigenvalue weighted by molar-refractivity contribution is 0.0369. The van der Waals surface area contributed by atoms with E-state index in [1.165, 1.54) is 24.3 Å². The van der Waals surface area contributed by atoms with E-state index in [1.807, 2.05) is 4.57 Å². The van der Waals surface area contributed by atoms with Crippen LogP contribution in [0.4, 0.5) is 25.0 Å². The number of ether oxygens (including phenoxy) is 2. The molecule has 0 aliphatic carbocycles. The molecule has 0 saturated carbocycles. The Morgan fingerprint density at radius 2 is 1.77 bits per heavy atom. The van der Waals surface area contributed by atoms with Gasteiger partial charge in [-0.05, 0) is 42.8 Å². The van der Waals surface area contributed by atoms with Crippen molar-refractivity contribution in [2.45, 2.75) is 13.0 Å². The minimum absolute atomic E-state index is 0.0413. The van der Waals surface area contributed by atoms with Crippen LogP contribution >= 0.6 is 11.6 Å². The summed E-state index contributed by atoms with van der Waals surface area (Å²) >= 11 is 5.73. The number of nitrogens with one attached hydrogen (secondary N) is 2. The second-order valence-electron chi connectivity index (χ2n) is 8.99. The summed E-state index contributed by atoms with van der Waals surface area (Å²) < 4.78 is 41.2. The Bertz CT molecular complexity index is 1480. The maximum absolute atomic E-state index is 14.8. The number of benzene rings is 2. The molecule has 2 amide bonds. The topological polar surface area (TPSA) is 106 Å². The summed E-state index contributed by atoms with van der Waals surface area (Å²) in [5.74, 6) is -0.389. The van der Waals surface area contributed by atoms with Gasteiger partial charge in [-0.2, -0.15) is 0 Å². The summed E-state index contributed by atoms with van der Waals surface area (Å²) in [6.07, 6.45) is 4.13. The summed E-state index contributed by atoms with van der Waals surface area (Å²) in [6.45, 7) is 5.05. The average molecular weight is 570 g/mol. The van der Waals surface area contributed by atoms with Crippen molar-refractivity contribution in [3.63, 3.8) is 0 Å². The number of carbonyl (C=O) groups excluding carboxylic acids is 1. The van der Waals surface area contributed by atoms with Gasteiger partial charge < -0.3 is 24.7 Å². The van der Waals surface area contributed by atoms with Crippen molar-refractivity contribution in [1.29, 1.82) is 0 Å². The molecule has 3 heterocycles. The van der Waals surface area contributed by atoms with Crippen LogP contribution in [0.3, 0.4) is 0 Å². The lowest BCUT2D eigenvalue weighted by Gasteiger charge is -2.26. The number of rotatable bonds is 9. The molecule has 4 aromatic rings. The Kier molecular flexibility index (Phi) is 8.79. The van der Waals surface area contributed by atoms with Crippen molar-refractivity contribution < 1.29 is 23.0 Å². The quantitative estimate of drug-likeness (QED) is 0.277. The molecule has 208 valence electrons. The van der Waals surface area contributed by atoms with E-state index in [4.69, 9.17) is 21.1 Å². The third-order valence-corrected chi connectivity index (χ3v) is 6.44. The molecule has 0 atom stereocenters. The van der Waals surface area contributed by atoms with Crippen LogP contribution in [-0.4, -0.2) is 63.5 Å². The Morgan fingerprint density at radius 3 is 2.55 bits per heavy atom. The van der Waals surface area contributed by atoms with E-state index in [2.05, 4.69) is 30.7 Å². The van der Waals surface area contributed by atoms with Gasteiger partial charge >= 0.3 is 6.03 Å². The van der Waals surface area contributed by atoms with Gasteiger partial charge in [-0.1, -0.05) is 11.6 Å². The Hall–Kier alpha value is -4.13. The minimum atomic E-state index is -0.688. The Morgan fingerprint density at radius 1 is 1.00 bits per heavy atom. The molecule has 0 radical (unpaired) electrons. The van der Waals surface area contributed by atoms with Gasteiger partial charge in [0.1, 0.15) is 23.6 Å². The highest BCUT2D eigenvalue weighted by Crippen LogP contribution is 2.29. The minimum Gasteiger partial charge on any atom is -0.454 e. The van der Waals surface area contributed by atoms with E-state index in [-0.39, 0.29) is 22.1 Å². The molecule has 0 spiro atoms. The van der Waals surface area contributed by atoms with Gasteiger partial charge in [0.25, 0.3) is 0 Å². The van der Waals surface area contributed by atoms with Crippen LogP contribution in [0.2, 0.25) is 5.02 Å². The molecule has 10 nitrogen and oxygen atoms in total. The average Bonchev–Trinajstić information content (AvgIpc) is 3.42. The zero-order valence-corrected chi connectivity index (χ0v) is 22.1. The molecule has 1 aliphatic heterocycles. The fraction of sp³-hybridized carbons (Fsp3) is 0.259. The number of aromatic nitrogens is 4. The summed E-state index contributed by atoms with van der Waals surface area (Å²) in [7, 11) is 0. The van der Waals surface area contributed by atoms with E-state index in [1.54, 1.807) is 24.7 Å². The van der Waals surface area contributed by atoms with E-state index in [9.17, 15) is 13.6 Å². The smallest absolute Gasteiger partial charge is 0.323 e. The first-order valence-electron chi connectivity index (χ1n) is 12.6. The maximum atomic E-state index is 14.8. The molecule has 40 heavy (non-hydrogen) atoms. The molecule has 1 aliphatic rings. The molecule has 5 rings (SSSR count). The van der Waals surface area contributed by atoms with Gasteiger partial charge in [0, 0.05) is 55.9 Å². The van der Waals surface area contributed by atoms with Gasteiger partial charge in [0.2, 0.25) is 0 Å². The van der Waals surface area contributed by atoms with Crippen molar-refractivity contribution in [2.24, 2.45) is 0 Å². The molecular formula is C27H26ClF2N7O3. The van der Waals surface area contributed by atoms with Gasteiger partial charge in [-0.25, -0.2) is 13.6 Å². The van der Waals surface area contributed by atoms with E-state index in [0.29, 0.717) is 17.3 Å². The molecule has 2 N–H and O–H groups in total. The van der Waals surface area contributed by atoms with Crippen LogP contribution in [-0.2, 0) is 11.3 Å². The predicted molar refractivity (Wildman–Crippen MR) is 146 cm³/mol. The Balaban J connectivity index is 1.19. The molecule has 0 unspecified atom stereocenters. The van der Waals surface area contributed by atoms with Crippen LogP contribution in [0.25, 0.3) is 11.5 Å². The highest BCUT2D eigenvalue weighted by molar-refractivity contribution is 6.31. The van der Waals surface area contributed by atoms with Crippen molar-refractivity contribution in [3.05, 3.63) is 77.7 Å². The second kappa shape index (κ2) is 12.8. The van der Waals surface area contributed by atoms with Crippen molar-refractivity contribution in [3.8, 4) is 23.0 Å². The highest BCUT2D eigenvalue weighted by atomic mass is 35.5. The van der Waals surface area contributed by atoms with Crippen molar-refractivity contribution >= 4 is 29.0 Å². The van der Waals surface area contributed by atoms with Gasteiger partial charge in [-0.3, -0.25) is 9.88 Å². The van der Waals surface area contributed by atoms with E-state index < -0.39 is 17.7 Å². The van der Waals surface area contributed by atoms with Crippen LogP contribution < -0.4 is 15.4 Å². The first-order chi connectivity index (χ1) is 19.4. The van der Waals surface area contributed by atoms with Crippen LogP contribution in [0.1, 0.15) is 6.42 Å². The zero-order chi connectivity index (χ0) is 27.9. The summed E-state index contributed by atoms with van der Waals surface area (Å²) in [5.41, 5.74) is 1.01. The number of morpholine rings is 1. The lowest BCUT2D eigenvalue weighted by atomic mass is 10.2. The molecular weight excluding hydrogens is 544 g/mol. The maximum Gasteiger partial charge on any atom is 0.323 e.